The van der Waals surface area contributed by atoms with Crippen molar-refractivity contribution < 1.29 is 14.3 Å². The normalized spacial score (nSPS) is 19.8. The predicted molar refractivity (Wildman–Crippen MR) is 70.5 cm³/mol. The monoisotopic (exact) mass is 258 g/mol. The molecule has 1 N–H and O–H groups in total. The highest BCUT2D eigenvalue weighted by Crippen LogP contribution is 2.15. The van der Waals surface area contributed by atoms with E-state index in [4.69, 9.17) is 9.47 Å². The third-order valence-electron chi connectivity index (χ3n) is 3.35. The molecule has 0 spiro atoms. The number of nitrogens with one attached hydrogen (secondary N) is 1. The van der Waals surface area contributed by atoms with Gasteiger partial charge in [0.2, 0.25) is 5.91 Å². The molecule has 1 atom stereocenters. The van der Waals surface area contributed by atoms with Crippen LogP contribution in [-0.2, 0) is 14.3 Å². The second kappa shape index (κ2) is 9.30. The van der Waals surface area contributed by atoms with Crippen LogP contribution < -0.4 is 5.32 Å². The minimum Gasteiger partial charge on any atom is -0.383 e. The van der Waals surface area contributed by atoms with Crippen molar-refractivity contribution in [2.24, 2.45) is 5.92 Å². The van der Waals surface area contributed by atoms with Crippen molar-refractivity contribution in [1.29, 1.82) is 0 Å². The van der Waals surface area contributed by atoms with Crippen LogP contribution in [0.15, 0.2) is 0 Å². The molecule has 0 radical (unpaired) electrons. The zero-order valence-corrected chi connectivity index (χ0v) is 11.6. The van der Waals surface area contributed by atoms with Gasteiger partial charge >= 0.3 is 0 Å². The molecule has 1 unspecified atom stereocenters. The van der Waals surface area contributed by atoms with Crippen LogP contribution >= 0.6 is 0 Å². The Labute approximate surface area is 110 Å². The molecule has 0 bridgehead atoms. The molecule has 5 heteroatoms. The first kappa shape index (κ1) is 15.4. The van der Waals surface area contributed by atoms with E-state index in [1.54, 1.807) is 14.2 Å². The van der Waals surface area contributed by atoms with E-state index in [0.717, 1.165) is 19.5 Å². The molecular weight excluding hydrogens is 232 g/mol. The Morgan fingerprint density at radius 3 is 2.44 bits per heavy atom. The van der Waals surface area contributed by atoms with Crippen molar-refractivity contribution in [3.63, 3.8) is 0 Å². The molecule has 5 nitrogen and oxygen atoms in total. The van der Waals surface area contributed by atoms with Crippen LogP contribution in [0.4, 0.5) is 0 Å². The Kier molecular flexibility index (Phi) is 7.96. The second-order valence-corrected chi connectivity index (χ2v) is 4.78. The summed E-state index contributed by atoms with van der Waals surface area (Å²) < 4.78 is 10.1. The number of ether oxygens (including phenoxy) is 2. The third-order valence-corrected chi connectivity index (χ3v) is 3.35. The summed E-state index contributed by atoms with van der Waals surface area (Å²) in [5, 5.41) is 3.35. The number of nitrogens with zero attached hydrogens (tertiary/aromatic N) is 1. The fraction of sp³-hybridized carbons (Fsp3) is 0.923. The van der Waals surface area contributed by atoms with Gasteiger partial charge in [0.25, 0.3) is 0 Å². The van der Waals surface area contributed by atoms with E-state index in [1.165, 1.54) is 6.42 Å². The third kappa shape index (κ3) is 5.80. The highest BCUT2D eigenvalue weighted by atomic mass is 16.5. The summed E-state index contributed by atoms with van der Waals surface area (Å²) in [6.07, 6.45) is 2.97. The van der Waals surface area contributed by atoms with Gasteiger partial charge in [-0.1, -0.05) is 0 Å². The fourth-order valence-corrected chi connectivity index (χ4v) is 2.24. The van der Waals surface area contributed by atoms with Crippen molar-refractivity contribution in [1.82, 2.24) is 10.2 Å². The van der Waals surface area contributed by atoms with Crippen LogP contribution in [0.2, 0.25) is 0 Å². The number of rotatable bonds is 8. The second-order valence-electron chi connectivity index (χ2n) is 4.78. The molecule has 1 saturated heterocycles. The Balaban J connectivity index is 2.35. The van der Waals surface area contributed by atoms with E-state index in [0.29, 0.717) is 38.6 Å². The van der Waals surface area contributed by atoms with Gasteiger partial charge in [0.05, 0.1) is 13.2 Å². The molecule has 0 saturated carbocycles. The lowest BCUT2D eigenvalue weighted by atomic mass is 9.95. The summed E-state index contributed by atoms with van der Waals surface area (Å²) in [5.74, 6) is 0.705. The number of amides is 1. The first-order valence-corrected chi connectivity index (χ1v) is 6.74. The lowest BCUT2D eigenvalue weighted by molar-refractivity contribution is -0.133. The predicted octanol–water partition coefficient (Wildman–Crippen LogP) is 0.498. The van der Waals surface area contributed by atoms with Gasteiger partial charge in [-0.05, 0) is 31.8 Å². The maximum Gasteiger partial charge on any atom is 0.223 e. The van der Waals surface area contributed by atoms with E-state index < -0.39 is 0 Å². The standard InChI is InChI=1S/C13H26N2O3/c1-17-8-6-15(7-9-18-2)13(16)10-12-4-3-5-14-11-12/h12,14H,3-11H2,1-2H3. The van der Waals surface area contributed by atoms with E-state index in [-0.39, 0.29) is 5.91 Å². The molecule has 0 aromatic carbocycles. The molecule has 1 heterocycles. The van der Waals surface area contributed by atoms with Gasteiger partial charge in [-0.3, -0.25) is 4.79 Å². The lowest BCUT2D eigenvalue weighted by Gasteiger charge is -2.27. The lowest BCUT2D eigenvalue weighted by Crippen LogP contribution is -2.39. The number of methoxy groups -OCH3 is 2. The molecule has 1 fully saturated rings. The topological polar surface area (TPSA) is 50.8 Å². The molecule has 1 amide bonds. The van der Waals surface area contributed by atoms with Crippen molar-refractivity contribution in [3.8, 4) is 0 Å². The summed E-state index contributed by atoms with van der Waals surface area (Å²) in [6, 6.07) is 0. The minimum absolute atomic E-state index is 0.220. The van der Waals surface area contributed by atoms with Crippen molar-refractivity contribution in [2.75, 3.05) is 53.6 Å². The number of carbonyl (C=O) groups excluding carboxylic acids is 1. The van der Waals surface area contributed by atoms with Gasteiger partial charge < -0.3 is 19.7 Å². The van der Waals surface area contributed by atoms with Crippen LogP contribution in [0.3, 0.4) is 0 Å². The largest absolute Gasteiger partial charge is 0.383 e. The molecule has 1 aliphatic heterocycles. The molecule has 0 aromatic heterocycles. The molecule has 106 valence electrons. The van der Waals surface area contributed by atoms with E-state index in [2.05, 4.69) is 5.32 Å². The van der Waals surface area contributed by atoms with Crippen LogP contribution in [0.25, 0.3) is 0 Å². The smallest absolute Gasteiger partial charge is 0.223 e. The van der Waals surface area contributed by atoms with E-state index in [9.17, 15) is 4.79 Å². The molecule has 0 aromatic rings. The van der Waals surface area contributed by atoms with Crippen LogP contribution in [0, 0.1) is 5.92 Å². The zero-order valence-electron chi connectivity index (χ0n) is 11.6. The summed E-state index contributed by atoms with van der Waals surface area (Å²) in [5.41, 5.74) is 0. The highest BCUT2D eigenvalue weighted by molar-refractivity contribution is 5.76. The van der Waals surface area contributed by atoms with Gasteiger partial charge in [-0.15, -0.1) is 0 Å². The van der Waals surface area contributed by atoms with Crippen LogP contribution in [-0.4, -0.2) is 64.4 Å². The Bertz CT molecular complexity index is 222. The van der Waals surface area contributed by atoms with Gasteiger partial charge in [-0.25, -0.2) is 0 Å². The highest BCUT2D eigenvalue weighted by Gasteiger charge is 2.20. The molecule has 1 rings (SSSR count). The fourth-order valence-electron chi connectivity index (χ4n) is 2.24. The van der Waals surface area contributed by atoms with Crippen molar-refractivity contribution >= 4 is 5.91 Å². The van der Waals surface area contributed by atoms with Gasteiger partial charge in [0.1, 0.15) is 0 Å². The van der Waals surface area contributed by atoms with Crippen molar-refractivity contribution in [2.45, 2.75) is 19.3 Å². The summed E-state index contributed by atoms with van der Waals surface area (Å²) in [4.78, 5) is 14.1. The van der Waals surface area contributed by atoms with Crippen molar-refractivity contribution in [3.05, 3.63) is 0 Å². The number of hydrogen-bond donors (Lipinski definition) is 1. The average molecular weight is 258 g/mol. The molecular formula is C13H26N2O3. The SMILES string of the molecule is COCCN(CCOC)C(=O)CC1CCCNC1. The molecule has 18 heavy (non-hydrogen) atoms. The quantitative estimate of drug-likeness (QED) is 0.689. The van der Waals surface area contributed by atoms with Crippen LogP contribution in [0.5, 0.6) is 0 Å². The Morgan fingerprint density at radius 1 is 1.28 bits per heavy atom. The average Bonchev–Trinajstić information content (AvgIpc) is 2.40. The van der Waals surface area contributed by atoms with Gasteiger partial charge in [-0.2, -0.15) is 0 Å². The summed E-state index contributed by atoms with van der Waals surface area (Å²) >= 11 is 0. The molecule has 0 aliphatic carbocycles. The summed E-state index contributed by atoms with van der Waals surface area (Å²) in [6.45, 7) is 4.52. The zero-order chi connectivity index (χ0) is 13.2. The maximum atomic E-state index is 12.2. The van der Waals surface area contributed by atoms with Gasteiger partial charge in [0, 0.05) is 33.7 Å². The minimum atomic E-state index is 0.220. The van der Waals surface area contributed by atoms with E-state index >= 15 is 0 Å². The first-order valence-electron chi connectivity index (χ1n) is 6.74. The van der Waals surface area contributed by atoms with Gasteiger partial charge in [0.15, 0.2) is 0 Å². The Hall–Kier alpha value is -0.650. The van der Waals surface area contributed by atoms with E-state index in [1.807, 2.05) is 4.90 Å². The number of piperidine rings is 1. The molecule has 1 aliphatic rings. The number of hydrogen-bond acceptors (Lipinski definition) is 4. The first-order chi connectivity index (χ1) is 8.77. The Morgan fingerprint density at radius 2 is 1.94 bits per heavy atom. The van der Waals surface area contributed by atoms with Crippen LogP contribution in [0.1, 0.15) is 19.3 Å². The summed E-state index contributed by atoms with van der Waals surface area (Å²) in [7, 11) is 3.31. The number of carbonyl (C=O) groups is 1. The maximum absolute atomic E-state index is 12.2.